The molecular formula is C16H24ClN. The Labute approximate surface area is 116 Å². The summed E-state index contributed by atoms with van der Waals surface area (Å²) in [6.45, 7) is 5.77. The van der Waals surface area contributed by atoms with Gasteiger partial charge in [-0.25, -0.2) is 0 Å². The molecule has 0 amide bonds. The molecule has 1 aromatic rings. The van der Waals surface area contributed by atoms with Gasteiger partial charge in [-0.1, -0.05) is 44.0 Å². The van der Waals surface area contributed by atoms with E-state index in [4.69, 9.17) is 11.6 Å². The monoisotopic (exact) mass is 265 g/mol. The van der Waals surface area contributed by atoms with E-state index in [0.29, 0.717) is 6.04 Å². The largest absolute Gasteiger partial charge is 0.310 e. The quantitative estimate of drug-likeness (QED) is 0.805. The molecule has 1 saturated carbocycles. The van der Waals surface area contributed by atoms with Crippen LogP contribution in [0.2, 0.25) is 5.02 Å². The molecule has 1 aliphatic rings. The summed E-state index contributed by atoms with van der Waals surface area (Å²) in [5.41, 5.74) is 1.35. The predicted molar refractivity (Wildman–Crippen MR) is 79.0 cm³/mol. The number of nitrogens with one attached hydrogen (secondary N) is 1. The molecule has 0 aromatic heterocycles. The van der Waals surface area contributed by atoms with Crippen LogP contribution in [0, 0.1) is 11.8 Å². The fourth-order valence-electron chi connectivity index (χ4n) is 3.01. The zero-order chi connectivity index (χ0) is 13.0. The molecule has 0 saturated heterocycles. The van der Waals surface area contributed by atoms with Gasteiger partial charge in [0.05, 0.1) is 0 Å². The summed E-state index contributed by atoms with van der Waals surface area (Å²) < 4.78 is 0. The van der Waals surface area contributed by atoms with Crippen molar-refractivity contribution in [2.24, 2.45) is 11.8 Å². The second-order valence-electron chi connectivity index (χ2n) is 5.70. The Hall–Kier alpha value is -0.530. The van der Waals surface area contributed by atoms with Crippen LogP contribution in [0.25, 0.3) is 0 Å². The third-order valence-corrected chi connectivity index (χ3v) is 4.39. The summed E-state index contributed by atoms with van der Waals surface area (Å²) in [5.74, 6) is 1.80. The first-order valence-corrected chi connectivity index (χ1v) is 7.55. The van der Waals surface area contributed by atoms with Crippen molar-refractivity contribution in [3.8, 4) is 0 Å². The number of rotatable bonds is 5. The molecule has 2 rings (SSSR count). The van der Waals surface area contributed by atoms with E-state index in [1.54, 1.807) is 0 Å². The average molecular weight is 266 g/mol. The molecular weight excluding hydrogens is 242 g/mol. The van der Waals surface area contributed by atoms with Gasteiger partial charge in [-0.15, -0.1) is 0 Å². The van der Waals surface area contributed by atoms with Crippen LogP contribution in [0.15, 0.2) is 24.3 Å². The van der Waals surface area contributed by atoms with E-state index in [2.05, 4.69) is 31.3 Å². The van der Waals surface area contributed by atoms with E-state index in [1.807, 2.05) is 12.1 Å². The van der Waals surface area contributed by atoms with Gasteiger partial charge in [0, 0.05) is 11.1 Å². The van der Waals surface area contributed by atoms with Crippen molar-refractivity contribution in [1.82, 2.24) is 5.32 Å². The summed E-state index contributed by atoms with van der Waals surface area (Å²) in [6.07, 6.45) is 5.32. The van der Waals surface area contributed by atoms with Gasteiger partial charge in [-0.05, 0) is 55.3 Å². The van der Waals surface area contributed by atoms with E-state index in [1.165, 1.54) is 24.8 Å². The minimum Gasteiger partial charge on any atom is -0.310 e. The van der Waals surface area contributed by atoms with Gasteiger partial charge in [-0.2, -0.15) is 0 Å². The average Bonchev–Trinajstić information content (AvgIpc) is 2.78. The molecule has 3 atom stereocenters. The summed E-state index contributed by atoms with van der Waals surface area (Å²) in [7, 11) is 0. The lowest BCUT2D eigenvalue weighted by Gasteiger charge is -2.20. The maximum absolute atomic E-state index is 5.94. The highest BCUT2D eigenvalue weighted by Gasteiger charge is 2.21. The van der Waals surface area contributed by atoms with Crippen molar-refractivity contribution in [3.05, 3.63) is 34.9 Å². The lowest BCUT2D eigenvalue weighted by atomic mass is 10.0. The molecule has 1 N–H and O–H groups in total. The van der Waals surface area contributed by atoms with Crippen molar-refractivity contribution >= 4 is 11.6 Å². The van der Waals surface area contributed by atoms with E-state index in [0.717, 1.165) is 29.8 Å². The first-order valence-electron chi connectivity index (χ1n) is 7.18. The highest BCUT2D eigenvalue weighted by Crippen LogP contribution is 2.30. The fourth-order valence-corrected chi connectivity index (χ4v) is 3.14. The maximum atomic E-state index is 5.94. The van der Waals surface area contributed by atoms with Crippen molar-refractivity contribution in [1.29, 1.82) is 0 Å². The lowest BCUT2D eigenvalue weighted by molar-refractivity contribution is 0.421. The SMILES string of the molecule is CCC(NCC1CCC(C)C1)c1ccc(Cl)cc1. The highest BCUT2D eigenvalue weighted by atomic mass is 35.5. The summed E-state index contributed by atoms with van der Waals surface area (Å²) in [5, 5.41) is 4.54. The Morgan fingerprint density at radius 1 is 1.28 bits per heavy atom. The normalized spacial score (nSPS) is 25.3. The Kier molecular flexibility index (Phi) is 5.08. The molecule has 18 heavy (non-hydrogen) atoms. The van der Waals surface area contributed by atoms with E-state index in [-0.39, 0.29) is 0 Å². The number of hydrogen-bond donors (Lipinski definition) is 1. The van der Waals surface area contributed by atoms with Gasteiger partial charge >= 0.3 is 0 Å². The first-order chi connectivity index (χ1) is 8.69. The first kappa shape index (κ1) is 13.9. The molecule has 1 nitrogen and oxygen atoms in total. The van der Waals surface area contributed by atoms with Gasteiger partial charge in [0.1, 0.15) is 0 Å². The maximum Gasteiger partial charge on any atom is 0.0406 e. The van der Waals surface area contributed by atoms with Crippen LogP contribution in [0.3, 0.4) is 0 Å². The Bertz CT molecular complexity index is 360. The molecule has 1 fully saturated rings. The fraction of sp³-hybridized carbons (Fsp3) is 0.625. The lowest BCUT2D eigenvalue weighted by Crippen LogP contribution is -2.26. The van der Waals surface area contributed by atoms with Crippen molar-refractivity contribution < 1.29 is 0 Å². The Balaban J connectivity index is 1.87. The molecule has 1 aromatic carbocycles. The van der Waals surface area contributed by atoms with Gasteiger partial charge in [0.25, 0.3) is 0 Å². The zero-order valence-electron chi connectivity index (χ0n) is 11.5. The molecule has 0 heterocycles. The topological polar surface area (TPSA) is 12.0 Å². The molecule has 0 bridgehead atoms. The third kappa shape index (κ3) is 3.73. The van der Waals surface area contributed by atoms with Crippen molar-refractivity contribution in [3.63, 3.8) is 0 Å². The Morgan fingerprint density at radius 3 is 2.56 bits per heavy atom. The zero-order valence-corrected chi connectivity index (χ0v) is 12.2. The second kappa shape index (κ2) is 6.58. The molecule has 0 radical (unpaired) electrons. The van der Waals surface area contributed by atoms with Crippen LogP contribution < -0.4 is 5.32 Å². The van der Waals surface area contributed by atoms with Crippen molar-refractivity contribution in [2.75, 3.05) is 6.54 Å². The summed E-state index contributed by atoms with van der Waals surface area (Å²) >= 11 is 5.94. The van der Waals surface area contributed by atoms with Crippen LogP contribution >= 0.6 is 11.6 Å². The third-order valence-electron chi connectivity index (χ3n) is 4.14. The molecule has 0 aliphatic heterocycles. The van der Waals surface area contributed by atoms with Crippen LogP contribution in [0.1, 0.15) is 51.1 Å². The molecule has 1 aliphatic carbocycles. The highest BCUT2D eigenvalue weighted by molar-refractivity contribution is 6.30. The van der Waals surface area contributed by atoms with Gasteiger partial charge in [0.15, 0.2) is 0 Å². The van der Waals surface area contributed by atoms with Crippen LogP contribution in [-0.4, -0.2) is 6.54 Å². The molecule has 0 spiro atoms. The standard InChI is InChI=1S/C16H24ClN/c1-3-16(14-6-8-15(17)9-7-14)18-11-13-5-4-12(2)10-13/h6-9,12-13,16,18H,3-5,10-11H2,1-2H3. The van der Waals surface area contributed by atoms with E-state index < -0.39 is 0 Å². The number of hydrogen-bond acceptors (Lipinski definition) is 1. The second-order valence-corrected chi connectivity index (χ2v) is 6.14. The molecule has 3 unspecified atom stereocenters. The minimum absolute atomic E-state index is 0.471. The van der Waals surface area contributed by atoms with Crippen molar-refractivity contribution in [2.45, 2.75) is 45.6 Å². The van der Waals surface area contributed by atoms with Crippen LogP contribution in [-0.2, 0) is 0 Å². The minimum atomic E-state index is 0.471. The van der Waals surface area contributed by atoms with E-state index in [9.17, 15) is 0 Å². The summed E-state index contributed by atoms with van der Waals surface area (Å²) in [6, 6.07) is 8.72. The summed E-state index contributed by atoms with van der Waals surface area (Å²) in [4.78, 5) is 0. The van der Waals surface area contributed by atoms with Gasteiger partial charge in [-0.3, -0.25) is 0 Å². The smallest absolute Gasteiger partial charge is 0.0406 e. The number of benzene rings is 1. The van der Waals surface area contributed by atoms with Crippen LogP contribution in [0.5, 0.6) is 0 Å². The van der Waals surface area contributed by atoms with Gasteiger partial charge in [0.2, 0.25) is 0 Å². The van der Waals surface area contributed by atoms with Crippen LogP contribution in [0.4, 0.5) is 0 Å². The molecule has 100 valence electrons. The van der Waals surface area contributed by atoms with Gasteiger partial charge < -0.3 is 5.32 Å². The number of halogens is 1. The Morgan fingerprint density at radius 2 is 2.00 bits per heavy atom. The molecule has 2 heteroatoms. The van der Waals surface area contributed by atoms with E-state index >= 15 is 0 Å². The predicted octanol–water partition coefficient (Wildman–Crippen LogP) is 4.82.